The second-order valence-corrected chi connectivity index (χ2v) is 5.38. The van der Waals surface area contributed by atoms with Crippen LogP contribution in [0.1, 0.15) is 32.1 Å². The molecule has 1 atom stereocenters. The summed E-state index contributed by atoms with van der Waals surface area (Å²) < 4.78 is 1.71. The molecule has 0 radical (unpaired) electrons. The first-order valence-corrected chi connectivity index (χ1v) is 7.06. The number of aryl methyl sites for hydroxylation is 1. The summed E-state index contributed by atoms with van der Waals surface area (Å²) in [6.45, 7) is 1.62. The summed E-state index contributed by atoms with van der Waals surface area (Å²) in [4.78, 5) is 17.8. The molecule has 1 aliphatic rings. The normalized spacial score (nSPS) is 23.6. The van der Waals surface area contributed by atoms with Crippen LogP contribution >= 0.6 is 0 Å². The molecule has 0 aromatic carbocycles. The number of carbonyl (C=O) groups is 1. The van der Waals surface area contributed by atoms with Crippen LogP contribution in [0, 0.1) is 0 Å². The van der Waals surface area contributed by atoms with Gasteiger partial charge in [-0.2, -0.15) is 5.10 Å². The van der Waals surface area contributed by atoms with Gasteiger partial charge in [-0.15, -0.1) is 0 Å². The summed E-state index contributed by atoms with van der Waals surface area (Å²) in [7, 11) is 0. The Hall–Kier alpha value is -1.47. The van der Waals surface area contributed by atoms with Crippen LogP contribution in [-0.4, -0.2) is 61.1 Å². The molecule has 1 aromatic rings. The van der Waals surface area contributed by atoms with Crippen molar-refractivity contribution in [2.24, 2.45) is 0 Å². The predicted molar refractivity (Wildman–Crippen MR) is 71.7 cm³/mol. The van der Waals surface area contributed by atoms with E-state index in [-0.39, 0.29) is 12.5 Å². The molecular formula is C13H22N4O3. The molecule has 1 saturated heterocycles. The number of aliphatic hydroxyl groups excluding tert-OH is 1. The Bertz CT molecular complexity index is 423. The Labute approximate surface area is 118 Å². The first-order chi connectivity index (χ1) is 9.63. The lowest BCUT2D eigenvalue weighted by atomic mass is 9.96. The first-order valence-electron chi connectivity index (χ1n) is 7.06. The van der Waals surface area contributed by atoms with Crippen molar-refractivity contribution in [3.8, 4) is 0 Å². The molecule has 0 saturated carbocycles. The van der Waals surface area contributed by atoms with Crippen LogP contribution in [-0.2, 0) is 11.3 Å². The molecule has 2 N–H and O–H groups in total. The molecule has 0 bridgehead atoms. The third-order valence-electron chi connectivity index (χ3n) is 3.81. The van der Waals surface area contributed by atoms with E-state index < -0.39 is 5.60 Å². The Balaban J connectivity index is 1.75. The van der Waals surface area contributed by atoms with Gasteiger partial charge in [-0.3, -0.25) is 9.48 Å². The van der Waals surface area contributed by atoms with Crippen LogP contribution in [0.3, 0.4) is 0 Å². The summed E-state index contributed by atoms with van der Waals surface area (Å²) in [5.74, 6) is 0.104. The van der Waals surface area contributed by atoms with Crippen LogP contribution in [0.5, 0.6) is 0 Å². The van der Waals surface area contributed by atoms with Crippen LogP contribution in [0.2, 0.25) is 0 Å². The van der Waals surface area contributed by atoms with E-state index in [0.717, 1.165) is 12.8 Å². The van der Waals surface area contributed by atoms with Gasteiger partial charge in [-0.25, -0.2) is 4.98 Å². The van der Waals surface area contributed by atoms with Gasteiger partial charge in [-0.05, 0) is 25.7 Å². The molecule has 2 heterocycles. The Morgan fingerprint density at radius 2 is 2.20 bits per heavy atom. The van der Waals surface area contributed by atoms with E-state index >= 15 is 0 Å². The maximum atomic E-state index is 12.1. The molecule has 1 amide bonds. The quantitative estimate of drug-likeness (QED) is 0.780. The van der Waals surface area contributed by atoms with E-state index in [1.54, 1.807) is 15.9 Å². The largest absolute Gasteiger partial charge is 0.393 e. The summed E-state index contributed by atoms with van der Waals surface area (Å²) in [5.41, 5.74) is -1.02. The van der Waals surface area contributed by atoms with Crippen molar-refractivity contribution in [2.45, 2.75) is 44.2 Å². The number of hydrogen-bond acceptors (Lipinski definition) is 5. The number of aromatic nitrogens is 3. The molecule has 0 aliphatic carbocycles. The average Bonchev–Trinajstić information content (AvgIpc) is 2.87. The number of hydrogen-bond donors (Lipinski definition) is 2. The van der Waals surface area contributed by atoms with Gasteiger partial charge in [0.1, 0.15) is 12.7 Å². The van der Waals surface area contributed by atoms with Gasteiger partial charge in [-0.1, -0.05) is 0 Å². The van der Waals surface area contributed by atoms with Gasteiger partial charge in [0.15, 0.2) is 0 Å². The minimum atomic E-state index is -1.02. The standard InChI is InChI=1S/C13H22N4O3/c18-9-13(20)4-2-6-16(8-5-13)12(19)3-1-7-17-11-14-10-15-17/h10-11,18,20H,1-9H2/t13-/m1/s1. The van der Waals surface area contributed by atoms with Crippen LogP contribution in [0.25, 0.3) is 0 Å². The first kappa shape index (κ1) is 14.9. The fraction of sp³-hybridized carbons (Fsp3) is 0.769. The molecule has 20 heavy (non-hydrogen) atoms. The van der Waals surface area contributed by atoms with Crippen molar-refractivity contribution in [3.05, 3.63) is 12.7 Å². The minimum Gasteiger partial charge on any atom is -0.393 e. The van der Waals surface area contributed by atoms with Gasteiger partial charge >= 0.3 is 0 Å². The highest BCUT2D eigenvalue weighted by Gasteiger charge is 2.30. The highest BCUT2D eigenvalue weighted by atomic mass is 16.3. The van der Waals surface area contributed by atoms with Crippen molar-refractivity contribution in [1.82, 2.24) is 19.7 Å². The number of carbonyl (C=O) groups excluding carboxylic acids is 1. The summed E-state index contributed by atoms with van der Waals surface area (Å²) in [6.07, 6.45) is 6.03. The van der Waals surface area contributed by atoms with Gasteiger partial charge in [0.25, 0.3) is 0 Å². The molecule has 112 valence electrons. The monoisotopic (exact) mass is 282 g/mol. The number of rotatable bonds is 5. The molecule has 1 fully saturated rings. The molecule has 1 aromatic heterocycles. The summed E-state index contributed by atoms with van der Waals surface area (Å²) in [5, 5.41) is 23.2. The van der Waals surface area contributed by atoms with Crippen LogP contribution in [0.15, 0.2) is 12.7 Å². The zero-order valence-corrected chi connectivity index (χ0v) is 11.6. The Morgan fingerprint density at radius 3 is 2.90 bits per heavy atom. The zero-order valence-electron chi connectivity index (χ0n) is 11.6. The predicted octanol–water partition coefficient (Wildman–Crippen LogP) is -0.206. The zero-order chi connectivity index (χ0) is 14.4. The second-order valence-electron chi connectivity index (χ2n) is 5.38. The smallest absolute Gasteiger partial charge is 0.222 e. The minimum absolute atomic E-state index is 0.104. The van der Waals surface area contributed by atoms with Gasteiger partial charge in [0.05, 0.1) is 12.2 Å². The highest BCUT2D eigenvalue weighted by molar-refractivity contribution is 5.76. The van der Waals surface area contributed by atoms with Crippen molar-refractivity contribution in [3.63, 3.8) is 0 Å². The van der Waals surface area contributed by atoms with Crippen LogP contribution < -0.4 is 0 Å². The van der Waals surface area contributed by atoms with Crippen molar-refractivity contribution < 1.29 is 15.0 Å². The lowest BCUT2D eigenvalue weighted by molar-refractivity contribution is -0.131. The maximum Gasteiger partial charge on any atom is 0.222 e. The number of likely N-dealkylation sites (tertiary alicyclic amines) is 1. The maximum absolute atomic E-state index is 12.1. The lowest BCUT2D eigenvalue weighted by Crippen LogP contribution is -2.36. The van der Waals surface area contributed by atoms with Crippen molar-refractivity contribution >= 4 is 5.91 Å². The molecule has 7 nitrogen and oxygen atoms in total. The van der Waals surface area contributed by atoms with E-state index in [9.17, 15) is 15.0 Å². The Kier molecular flexibility index (Phi) is 5.08. The SMILES string of the molecule is O=C(CCCn1cncn1)N1CCC[C@](O)(CO)CC1. The van der Waals surface area contributed by atoms with E-state index in [4.69, 9.17) is 0 Å². The molecule has 2 rings (SSSR count). The van der Waals surface area contributed by atoms with E-state index in [0.29, 0.717) is 38.9 Å². The van der Waals surface area contributed by atoms with Crippen LogP contribution in [0.4, 0.5) is 0 Å². The van der Waals surface area contributed by atoms with E-state index in [1.807, 2.05) is 0 Å². The van der Waals surface area contributed by atoms with Gasteiger partial charge < -0.3 is 15.1 Å². The molecule has 7 heteroatoms. The number of nitrogens with zero attached hydrogens (tertiary/aromatic N) is 4. The second kappa shape index (κ2) is 6.81. The summed E-state index contributed by atoms with van der Waals surface area (Å²) >= 11 is 0. The van der Waals surface area contributed by atoms with Gasteiger partial charge in [0, 0.05) is 26.1 Å². The lowest BCUT2D eigenvalue weighted by Gasteiger charge is -2.24. The van der Waals surface area contributed by atoms with Gasteiger partial charge in [0.2, 0.25) is 5.91 Å². The molecule has 0 spiro atoms. The third-order valence-corrected chi connectivity index (χ3v) is 3.81. The third kappa shape index (κ3) is 4.01. The average molecular weight is 282 g/mol. The topological polar surface area (TPSA) is 91.5 Å². The number of amides is 1. The van der Waals surface area contributed by atoms with Crippen molar-refractivity contribution in [1.29, 1.82) is 0 Å². The van der Waals surface area contributed by atoms with E-state index in [2.05, 4.69) is 10.1 Å². The highest BCUT2D eigenvalue weighted by Crippen LogP contribution is 2.22. The molecular weight excluding hydrogens is 260 g/mol. The summed E-state index contributed by atoms with van der Waals surface area (Å²) in [6, 6.07) is 0. The fourth-order valence-corrected chi connectivity index (χ4v) is 2.48. The fourth-order valence-electron chi connectivity index (χ4n) is 2.48. The van der Waals surface area contributed by atoms with E-state index in [1.165, 1.54) is 6.33 Å². The Morgan fingerprint density at radius 1 is 1.35 bits per heavy atom. The number of aliphatic hydroxyl groups is 2. The van der Waals surface area contributed by atoms with Crippen molar-refractivity contribution in [2.75, 3.05) is 19.7 Å². The molecule has 0 unspecified atom stereocenters. The molecule has 1 aliphatic heterocycles.